The quantitative estimate of drug-likeness (QED) is 0.624. The van der Waals surface area contributed by atoms with E-state index >= 15 is 0 Å². The third-order valence-corrected chi connectivity index (χ3v) is 3.85. The van der Waals surface area contributed by atoms with Crippen molar-refractivity contribution in [3.05, 3.63) is 37.4 Å². The molecule has 1 nitrogen and oxygen atoms in total. The summed E-state index contributed by atoms with van der Waals surface area (Å²) in [4.78, 5) is 11.3. The number of halogens is 5. The molecule has 1 aromatic carbocycles. The molecule has 2 rings (SSSR count). The van der Waals surface area contributed by atoms with Crippen molar-refractivity contribution >= 4 is 49.9 Å². The monoisotopic (exact) mass is 416 g/mol. The van der Waals surface area contributed by atoms with Gasteiger partial charge in [-0.25, -0.2) is 0 Å². The first-order valence-corrected chi connectivity index (χ1v) is 6.47. The van der Waals surface area contributed by atoms with Crippen molar-refractivity contribution in [1.29, 1.82) is 0 Å². The molecule has 0 aliphatic heterocycles. The van der Waals surface area contributed by atoms with Gasteiger partial charge in [0.15, 0.2) is 0 Å². The van der Waals surface area contributed by atoms with Gasteiger partial charge in [-0.15, -0.1) is 0 Å². The van der Waals surface area contributed by atoms with E-state index in [-0.39, 0.29) is 5.57 Å². The molecule has 6 heteroatoms. The molecule has 0 amide bonds. The Morgan fingerprint density at radius 2 is 2.00 bits per heavy atom. The standard InChI is InChI=1S/C11H5BrF3IO/c12-6-1-2-7-5(3-6)4-8(16)9(7)10(17)11(13,14)15/h1-3H,4H2. The van der Waals surface area contributed by atoms with E-state index in [4.69, 9.17) is 0 Å². The maximum atomic E-state index is 12.5. The van der Waals surface area contributed by atoms with E-state index in [2.05, 4.69) is 15.9 Å². The van der Waals surface area contributed by atoms with Crippen LogP contribution < -0.4 is 0 Å². The zero-order valence-electron chi connectivity index (χ0n) is 8.24. The first-order valence-electron chi connectivity index (χ1n) is 4.59. The Morgan fingerprint density at radius 3 is 2.59 bits per heavy atom. The lowest BCUT2D eigenvalue weighted by atomic mass is 10.0. The maximum absolute atomic E-state index is 12.5. The van der Waals surface area contributed by atoms with E-state index in [1.54, 1.807) is 40.8 Å². The van der Waals surface area contributed by atoms with Gasteiger partial charge >= 0.3 is 6.18 Å². The van der Waals surface area contributed by atoms with Crippen LogP contribution in [-0.2, 0) is 11.2 Å². The zero-order chi connectivity index (χ0) is 12.8. The van der Waals surface area contributed by atoms with Crippen LogP contribution in [0.2, 0.25) is 0 Å². The van der Waals surface area contributed by atoms with E-state index in [1.807, 2.05) is 0 Å². The molecule has 0 spiro atoms. The van der Waals surface area contributed by atoms with E-state index in [1.165, 1.54) is 0 Å². The summed E-state index contributed by atoms with van der Waals surface area (Å²) in [5, 5.41) is 0. The molecule has 0 aromatic heterocycles. The normalized spacial score (nSPS) is 15.1. The summed E-state index contributed by atoms with van der Waals surface area (Å²) in [7, 11) is 0. The first kappa shape index (κ1) is 13.1. The summed E-state index contributed by atoms with van der Waals surface area (Å²) >= 11 is 5.05. The van der Waals surface area contributed by atoms with Gasteiger partial charge in [0, 0.05) is 20.0 Å². The molecule has 0 radical (unpaired) electrons. The number of Topliss-reactive ketones (excluding diaryl/α,β-unsaturated/α-hetero) is 1. The fraction of sp³-hybridized carbons (Fsp3) is 0.182. The molecule has 0 saturated carbocycles. The van der Waals surface area contributed by atoms with Crippen molar-refractivity contribution < 1.29 is 18.0 Å². The number of benzene rings is 1. The number of ketones is 1. The molecule has 1 aliphatic rings. The van der Waals surface area contributed by atoms with Crippen molar-refractivity contribution in [2.24, 2.45) is 0 Å². The second kappa shape index (κ2) is 4.38. The summed E-state index contributed by atoms with van der Waals surface area (Å²) in [6, 6.07) is 4.92. The Hall–Kier alpha value is -0.370. The third kappa shape index (κ3) is 2.42. The van der Waals surface area contributed by atoms with Crippen molar-refractivity contribution in [3.8, 4) is 0 Å². The number of carbonyl (C=O) groups excluding carboxylic acids is 1. The number of hydrogen-bond donors (Lipinski definition) is 0. The van der Waals surface area contributed by atoms with Gasteiger partial charge in [-0.2, -0.15) is 13.2 Å². The molecule has 0 fully saturated rings. The molecule has 0 saturated heterocycles. The molecule has 0 atom stereocenters. The number of carbonyl (C=O) groups is 1. The molecule has 1 aromatic rings. The predicted octanol–water partition coefficient (Wildman–Crippen LogP) is 4.28. The van der Waals surface area contributed by atoms with Gasteiger partial charge in [-0.05, 0) is 45.9 Å². The van der Waals surface area contributed by atoms with Crippen molar-refractivity contribution in [1.82, 2.24) is 0 Å². The average molecular weight is 417 g/mol. The summed E-state index contributed by atoms with van der Waals surface area (Å²) in [5.74, 6) is -1.76. The second-order valence-corrected chi connectivity index (χ2v) is 5.80. The molecule has 1 aliphatic carbocycles. The van der Waals surface area contributed by atoms with Crippen LogP contribution in [0.3, 0.4) is 0 Å². The van der Waals surface area contributed by atoms with Crippen molar-refractivity contribution in [3.63, 3.8) is 0 Å². The van der Waals surface area contributed by atoms with Crippen molar-refractivity contribution in [2.45, 2.75) is 12.6 Å². The summed E-state index contributed by atoms with van der Waals surface area (Å²) in [6.07, 6.45) is -4.44. The van der Waals surface area contributed by atoms with Crippen LogP contribution >= 0.6 is 38.5 Å². The van der Waals surface area contributed by atoms with Gasteiger partial charge in [-0.3, -0.25) is 4.79 Å². The third-order valence-electron chi connectivity index (χ3n) is 2.44. The van der Waals surface area contributed by atoms with Crippen LogP contribution in [0.25, 0.3) is 5.57 Å². The topological polar surface area (TPSA) is 17.1 Å². The summed E-state index contributed by atoms with van der Waals surface area (Å²) in [5.41, 5.74) is 0.928. The molecule has 17 heavy (non-hydrogen) atoms. The number of rotatable bonds is 1. The highest BCUT2D eigenvalue weighted by Gasteiger charge is 2.43. The van der Waals surface area contributed by atoms with Gasteiger partial charge in [-0.1, -0.05) is 22.0 Å². The van der Waals surface area contributed by atoms with E-state index in [0.29, 0.717) is 15.6 Å². The van der Waals surface area contributed by atoms with E-state index in [9.17, 15) is 18.0 Å². The van der Waals surface area contributed by atoms with E-state index in [0.717, 1.165) is 10.0 Å². The van der Waals surface area contributed by atoms with Crippen LogP contribution in [-0.4, -0.2) is 12.0 Å². The maximum Gasteiger partial charge on any atom is 0.454 e. The molecule has 0 N–H and O–H groups in total. The molecular formula is C11H5BrF3IO. The van der Waals surface area contributed by atoms with Gasteiger partial charge in [0.1, 0.15) is 0 Å². The molecular weight excluding hydrogens is 412 g/mol. The fourth-order valence-electron chi connectivity index (χ4n) is 1.74. The number of allylic oxidation sites excluding steroid dienone is 2. The first-order chi connectivity index (χ1) is 7.80. The number of hydrogen-bond acceptors (Lipinski definition) is 1. The summed E-state index contributed by atoms with van der Waals surface area (Å²) in [6.45, 7) is 0. The lowest BCUT2D eigenvalue weighted by molar-refractivity contribution is -0.164. The minimum atomic E-state index is -4.82. The SMILES string of the molecule is O=C(C1=C(I)Cc2cc(Br)ccc21)C(F)(F)F. The van der Waals surface area contributed by atoms with E-state index < -0.39 is 12.0 Å². The highest BCUT2D eigenvalue weighted by atomic mass is 127. The lowest BCUT2D eigenvalue weighted by Gasteiger charge is -2.08. The lowest BCUT2D eigenvalue weighted by Crippen LogP contribution is -2.23. The highest BCUT2D eigenvalue weighted by Crippen LogP contribution is 2.41. The zero-order valence-corrected chi connectivity index (χ0v) is 12.0. The van der Waals surface area contributed by atoms with Crippen LogP contribution in [0.15, 0.2) is 26.3 Å². The minimum absolute atomic E-state index is 0.208. The molecule has 90 valence electrons. The Kier molecular flexibility index (Phi) is 3.37. The minimum Gasteiger partial charge on any atom is -0.284 e. The second-order valence-electron chi connectivity index (χ2n) is 3.59. The fourth-order valence-corrected chi connectivity index (χ4v) is 3.10. The van der Waals surface area contributed by atoms with Crippen molar-refractivity contribution in [2.75, 3.05) is 0 Å². The Bertz CT molecular complexity index is 534. The molecule has 0 heterocycles. The number of alkyl halides is 3. The van der Waals surface area contributed by atoms with Crippen LogP contribution in [0.1, 0.15) is 11.1 Å². The predicted molar refractivity (Wildman–Crippen MR) is 69.8 cm³/mol. The Labute approximate surface area is 117 Å². The van der Waals surface area contributed by atoms with Crippen LogP contribution in [0.4, 0.5) is 13.2 Å². The molecule has 0 unspecified atom stereocenters. The number of fused-ring (bicyclic) bond motifs is 1. The smallest absolute Gasteiger partial charge is 0.284 e. The van der Waals surface area contributed by atoms with Gasteiger partial charge < -0.3 is 0 Å². The Balaban J connectivity index is 2.51. The van der Waals surface area contributed by atoms with Gasteiger partial charge in [0.25, 0.3) is 5.78 Å². The Morgan fingerprint density at radius 1 is 1.35 bits per heavy atom. The van der Waals surface area contributed by atoms with Crippen LogP contribution in [0.5, 0.6) is 0 Å². The average Bonchev–Trinajstić information content (AvgIpc) is 2.50. The summed E-state index contributed by atoms with van der Waals surface area (Å²) < 4.78 is 38.6. The van der Waals surface area contributed by atoms with Gasteiger partial charge in [0.2, 0.25) is 0 Å². The van der Waals surface area contributed by atoms with Crippen LogP contribution in [0, 0.1) is 0 Å². The molecule has 0 bridgehead atoms. The largest absolute Gasteiger partial charge is 0.454 e. The van der Waals surface area contributed by atoms with Gasteiger partial charge in [0.05, 0.1) is 0 Å². The highest BCUT2D eigenvalue weighted by molar-refractivity contribution is 14.1.